The molecule has 1 aliphatic rings. The van der Waals surface area contributed by atoms with Gasteiger partial charge in [-0.25, -0.2) is 0 Å². The third-order valence-electron chi connectivity index (χ3n) is 2.83. The minimum atomic E-state index is -0.209. The number of carbonyl (C=O) groups excluding carboxylic acids is 1. The maximum Gasteiger partial charge on any atom is 0.259 e. The van der Waals surface area contributed by atoms with Crippen LogP contribution in [-0.4, -0.2) is 11.0 Å². The van der Waals surface area contributed by atoms with Crippen molar-refractivity contribution in [3.63, 3.8) is 0 Å². The highest BCUT2D eigenvalue weighted by Gasteiger charge is 2.20. The lowest BCUT2D eigenvalue weighted by atomic mass is 10.2. The van der Waals surface area contributed by atoms with Crippen molar-refractivity contribution in [3.8, 4) is 11.5 Å². The van der Waals surface area contributed by atoms with Crippen LogP contribution in [0.2, 0.25) is 0 Å². The van der Waals surface area contributed by atoms with Crippen molar-refractivity contribution in [1.82, 2.24) is 0 Å². The number of benzene rings is 2. The molecule has 0 bridgehead atoms. The molecule has 0 aliphatic carbocycles. The van der Waals surface area contributed by atoms with Gasteiger partial charge >= 0.3 is 0 Å². The predicted octanol–water partition coefficient (Wildman–Crippen LogP) is 2.54. The molecule has 0 unspecified atom stereocenters. The molecule has 0 spiro atoms. The highest BCUT2D eigenvalue weighted by atomic mass is 16.5. The highest BCUT2D eigenvalue weighted by molar-refractivity contribution is 6.07. The topological polar surface area (TPSA) is 58.6 Å². The molecule has 0 fully saturated rings. The molecule has 2 N–H and O–H groups in total. The molecule has 2 aromatic rings. The Morgan fingerprint density at radius 2 is 1.94 bits per heavy atom. The van der Waals surface area contributed by atoms with Crippen LogP contribution in [0.1, 0.15) is 15.9 Å². The lowest BCUT2D eigenvalue weighted by molar-refractivity contribution is 0.102. The van der Waals surface area contributed by atoms with Gasteiger partial charge in [0.2, 0.25) is 0 Å². The molecule has 1 heterocycles. The Morgan fingerprint density at radius 1 is 1.11 bits per heavy atom. The fourth-order valence-corrected chi connectivity index (χ4v) is 1.91. The first-order chi connectivity index (χ1) is 8.78. The summed E-state index contributed by atoms with van der Waals surface area (Å²) in [4.78, 5) is 12.0. The zero-order valence-corrected chi connectivity index (χ0v) is 9.51. The van der Waals surface area contributed by atoms with E-state index in [0.717, 1.165) is 5.56 Å². The van der Waals surface area contributed by atoms with Crippen molar-refractivity contribution in [1.29, 1.82) is 0 Å². The predicted molar refractivity (Wildman–Crippen MR) is 66.8 cm³/mol. The van der Waals surface area contributed by atoms with E-state index in [9.17, 15) is 4.79 Å². The number of para-hydroxylation sites is 1. The van der Waals surface area contributed by atoms with Crippen LogP contribution in [0.5, 0.6) is 11.5 Å². The number of aliphatic hydroxyl groups excluding tert-OH is 1. The fraction of sp³-hybridized carbons (Fsp3) is 0.0714. The number of hydrogen-bond acceptors (Lipinski definition) is 3. The summed E-state index contributed by atoms with van der Waals surface area (Å²) in [6.07, 6.45) is 0. The molecule has 4 nitrogen and oxygen atoms in total. The number of nitrogens with one attached hydrogen (secondary N) is 1. The summed E-state index contributed by atoms with van der Waals surface area (Å²) >= 11 is 0. The van der Waals surface area contributed by atoms with Crippen LogP contribution in [0.4, 0.5) is 5.69 Å². The van der Waals surface area contributed by atoms with E-state index < -0.39 is 0 Å². The summed E-state index contributed by atoms with van der Waals surface area (Å²) in [5.41, 5.74) is 1.80. The SMILES string of the molecule is O=C1Nc2cc(CO)ccc2Oc2ccccc21. The molecule has 3 rings (SSSR count). The molecule has 0 saturated carbocycles. The van der Waals surface area contributed by atoms with Crippen LogP contribution in [0.15, 0.2) is 42.5 Å². The molecule has 0 radical (unpaired) electrons. The van der Waals surface area contributed by atoms with E-state index in [-0.39, 0.29) is 12.5 Å². The summed E-state index contributed by atoms with van der Waals surface area (Å²) < 4.78 is 5.71. The van der Waals surface area contributed by atoms with Crippen molar-refractivity contribution in [2.75, 3.05) is 5.32 Å². The Balaban J connectivity index is 2.12. The van der Waals surface area contributed by atoms with Gasteiger partial charge in [-0.05, 0) is 29.8 Å². The molecule has 4 heteroatoms. The van der Waals surface area contributed by atoms with Gasteiger partial charge in [0.05, 0.1) is 17.9 Å². The van der Waals surface area contributed by atoms with Gasteiger partial charge < -0.3 is 15.2 Å². The van der Waals surface area contributed by atoms with Crippen LogP contribution in [0, 0.1) is 0 Å². The molecule has 18 heavy (non-hydrogen) atoms. The van der Waals surface area contributed by atoms with Crippen molar-refractivity contribution in [3.05, 3.63) is 53.6 Å². The van der Waals surface area contributed by atoms with Crippen LogP contribution >= 0.6 is 0 Å². The maximum atomic E-state index is 12.0. The van der Waals surface area contributed by atoms with E-state index >= 15 is 0 Å². The summed E-state index contributed by atoms with van der Waals surface area (Å²) in [5, 5.41) is 11.9. The first-order valence-corrected chi connectivity index (χ1v) is 5.60. The van der Waals surface area contributed by atoms with Crippen LogP contribution in [0.25, 0.3) is 0 Å². The molecule has 2 aromatic carbocycles. The van der Waals surface area contributed by atoms with E-state index in [1.165, 1.54) is 0 Å². The number of hydrogen-bond donors (Lipinski definition) is 2. The fourth-order valence-electron chi connectivity index (χ4n) is 1.91. The van der Waals surface area contributed by atoms with Gasteiger partial charge in [-0.3, -0.25) is 4.79 Å². The van der Waals surface area contributed by atoms with E-state index in [1.807, 2.05) is 6.07 Å². The number of fused-ring (bicyclic) bond motifs is 2. The molecule has 90 valence electrons. The average molecular weight is 241 g/mol. The Bertz CT molecular complexity index is 622. The molecular formula is C14H11NO3. The van der Waals surface area contributed by atoms with Gasteiger partial charge in [0.15, 0.2) is 5.75 Å². The van der Waals surface area contributed by atoms with E-state index in [2.05, 4.69) is 5.32 Å². The molecule has 1 amide bonds. The zero-order valence-electron chi connectivity index (χ0n) is 9.51. The van der Waals surface area contributed by atoms with Crippen LogP contribution in [-0.2, 0) is 6.61 Å². The molecule has 0 atom stereocenters. The van der Waals surface area contributed by atoms with Crippen molar-refractivity contribution >= 4 is 11.6 Å². The minimum absolute atomic E-state index is 0.0733. The summed E-state index contributed by atoms with van der Waals surface area (Å²) in [6, 6.07) is 12.3. The summed E-state index contributed by atoms with van der Waals surface area (Å²) in [7, 11) is 0. The summed E-state index contributed by atoms with van der Waals surface area (Å²) in [6.45, 7) is -0.0733. The lowest BCUT2D eigenvalue weighted by Gasteiger charge is -2.08. The standard InChI is InChI=1S/C14H11NO3/c16-8-9-5-6-13-11(7-9)15-14(17)10-3-1-2-4-12(10)18-13/h1-7,16H,8H2,(H,15,17). The second-order valence-corrected chi connectivity index (χ2v) is 4.04. The van der Waals surface area contributed by atoms with Gasteiger partial charge in [0, 0.05) is 0 Å². The lowest BCUT2D eigenvalue weighted by Crippen LogP contribution is -2.10. The van der Waals surface area contributed by atoms with Gasteiger partial charge in [0.1, 0.15) is 5.75 Å². The Kier molecular flexibility index (Phi) is 2.50. The Hall–Kier alpha value is -2.33. The van der Waals surface area contributed by atoms with Crippen molar-refractivity contribution in [2.24, 2.45) is 0 Å². The van der Waals surface area contributed by atoms with Gasteiger partial charge in [0.25, 0.3) is 5.91 Å². The first kappa shape index (κ1) is 10.8. The normalized spacial score (nSPS) is 12.8. The first-order valence-electron chi connectivity index (χ1n) is 5.60. The van der Waals surface area contributed by atoms with Crippen LogP contribution < -0.4 is 10.1 Å². The van der Waals surface area contributed by atoms with Crippen LogP contribution in [0.3, 0.4) is 0 Å². The quantitative estimate of drug-likeness (QED) is 0.806. The van der Waals surface area contributed by atoms with Crippen molar-refractivity contribution < 1.29 is 14.6 Å². The molecule has 1 aliphatic heterocycles. The third-order valence-corrected chi connectivity index (χ3v) is 2.83. The smallest absolute Gasteiger partial charge is 0.259 e. The maximum absolute atomic E-state index is 12.0. The zero-order chi connectivity index (χ0) is 12.5. The van der Waals surface area contributed by atoms with Gasteiger partial charge in [-0.1, -0.05) is 18.2 Å². The van der Waals surface area contributed by atoms with E-state index in [4.69, 9.17) is 9.84 Å². The van der Waals surface area contributed by atoms with E-state index in [0.29, 0.717) is 22.7 Å². The van der Waals surface area contributed by atoms with E-state index in [1.54, 1.807) is 36.4 Å². The monoisotopic (exact) mass is 241 g/mol. The number of aliphatic hydroxyl groups is 1. The number of carbonyl (C=O) groups is 1. The second kappa shape index (κ2) is 4.16. The van der Waals surface area contributed by atoms with Crippen molar-refractivity contribution in [2.45, 2.75) is 6.61 Å². The largest absolute Gasteiger partial charge is 0.454 e. The number of rotatable bonds is 1. The Labute approximate surface area is 104 Å². The Morgan fingerprint density at radius 3 is 2.78 bits per heavy atom. The van der Waals surface area contributed by atoms with Gasteiger partial charge in [-0.15, -0.1) is 0 Å². The van der Waals surface area contributed by atoms with Gasteiger partial charge in [-0.2, -0.15) is 0 Å². The number of amides is 1. The number of anilines is 1. The second-order valence-electron chi connectivity index (χ2n) is 4.04. The number of ether oxygens (including phenoxy) is 1. The summed E-state index contributed by atoms with van der Waals surface area (Å²) in [5.74, 6) is 0.899. The minimum Gasteiger partial charge on any atom is -0.454 e. The third kappa shape index (κ3) is 1.72. The molecule has 0 aromatic heterocycles. The average Bonchev–Trinajstić information content (AvgIpc) is 2.54. The highest BCUT2D eigenvalue weighted by Crippen LogP contribution is 2.35. The molecular weight excluding hydrogens is 230 g/mol. The molecule has 0 saturated heterocycles.